The fourth-order valence-electron chi connectivity index (χ4n) is 2.72. The van der Waals surface area contributed by atoms with Crippen molar-refractivity contribution >= 4 is 29.7 Å². The van der Waals surface area contributed by atoms with Gasteiger partial charge in [0, 0.05) is 18.0 Å². The number of thiophene rings is 1. The van der Waals surface area contributed by atoms with Crippen LogP contribution in [0.25, 0.3) is 0 Å². The summed E-state index contributed by atoms with van der Waals surface area (Å²) in [5.41, 5.74) is 1.35. The van der Waals surface area contributed by atoms with Gasteiger partial charge in [-0.1, -0.05) is 6.42 Å². The number of piperidine rings is 1. The van der Waals surface area contributed by atoms with Crippen LogP contribution in [0.5, 0.6) is 0 Å². The third kappa shape index (κ3) is 2.71. The lowest BCUT2D eigenvalue weighted by molar-refractivity contribution is -0.134. The van der Waals surface area contributed by atoms with Gasteiger partial charge in [0.25, 0.3) is 0 Å². The summed E-state index contributed by atoms with van der Waals surface area (Å²) < 4.78 is 0. The summed E-state index contributed by atoms with van der Waals surface area (Å²) >= 11 is 1.82. The number of amides is 1. The minimum absolute atomic E-state index is 0. The molecule has 1 aromatic rings. The topological polar surface area (TPSA) is 32.3 Å². The van der Waals surface area contributed by atoms with E-state index >= 15 is 0 Å². The van der Waals surface area contributed by atoms with E-state index in [4.69, 9.17) is 0 Å². The van der Waals surface area contributed by atoms with Crippen molar-refractivity contribution < 1.29 is 4.79 Å². The number of hydrogen-bond donors (Lipinski definition) is 1. The molecule has 5 heteroatoms. The van der Waals surface area contributed by atoms with Crippen LogP contribution in [0.15, 0.2) is 11.4 Å². The molecule has 1 atom stereocenters. The molecule has 1 amide bonds. The first kappa shape index (κ1) is 13.8. The Hall–Kier alpha value is -0.580. The lowest BCUT2D eigenvalue weighted by Gasteiger charge is -2.32. The lowest BCUT2D eigenvalue weighted by Crippen LogP contribution is -2.49. The van der Waals surface area contributed by atoms with Crippen molar-refractivity contribution in [3.8, 4) is 0 Å². The number of halogens is 1. The molecule has 1 fully saturated rings. The summed E-state index contributed by atoms with van der Waals surface area (Å²) in [5.74, 6) is 0.307. The minimum Gasteiger partial charge on any atom is -0.337 e. The van der Waals surface area contributed by atoms with E-state index < -0.39 is 0 Å². The zero-order valence-electron chi connectivity index (χ0n) is 10.4. The highest BCUT2D eigenvalue weighted by Gasteiger charge is 2.28. The average molecular weight is 287 g/mol. The number of carbonyl (C=O) groups is 1. The van der Waals surface area contributed by atoms with Gasteiger partial charge in [-0.25, -0.2) is 0 Å². The smallest absolute Gasteiger partial charge is 0.240 e. The van der Waals surface area contributed by atoms with Crippen LogP contribution in [0, 0.1) is 0 Å². The molecule has 2 aliphatic heterocycles. The normalized spacial score (nSPS) is 23.1. The molecule has 0 saturated carbocycles. The Labute approximate surface area is 118 Å². The van der Waals surface area contributed by atoms with E-state index in [9.17, 15) is 4.79 Å². The number of nitrogens with one attached hydrogen (secondary N) is 1. The molecule has 0 unspecified atom stereocenters. The summed E-state index contributed by atoms with van der Waals surface area (Å²) in [5, 5.41) is 5.48. The molecule has 0 bridgehead atoms. The summed E-state index contributed by atoms with van der Waals surface area (Å²) in [6.07, 6.45) is 4.43. The fraction of sp³-hybridized carbons (Fsp3) is 0.615. The maximum atomic E-state index is 12.4. The Morgan fingerprint density at radius 1 is 1.44 bits per heavy atom. The molecule has 1 saturated heterocycles. The van der Waals surface area contributed by atoms with Gasteiger partial charge in [-0.05, 0) is 42.8 Å². The van der Waals surface area contributed by atoms with Crippen LogP contribution in [0.1, 0.15) is 29.7 Å². The first-order valence-corrected chi connectivity index (χ1v) is 7.30. The van der Waals surface area contributed by atoms with Gasteiger partial charge in [-0.15, -0.1) is 23.7 Å². The van der Waals surface area contributed by atoms with Gasteiger partial charge in [0.05, 0.1) is 6.04 Å². The highest BCUT2D eigenvalue weighted by atomic mass is 35.5. The van der Waals surface area contributed by atoms with E-state index in [1.165, 1.54) is 23.3 Å². The Balaban J connectivity index is 0.00000120. The molecule has 18 heavy (non-hydrogen) atoms. The number of carbonyl (C=O) groups excluding carboxylic acids is 1. The third-order valence-corrected chi connectivity index (χ3v) is 4.75. The van der Waals surface area contributed by atoms with Gasteiger partial charge in [-0.3, -0.25) is 4.79 Å². The van der Waals surface area contributed by atoms with Crippen LogP contribution in [0.3, 0.4) is 0 Å². The molecule has 3 rings (SSSR count). The van der Waals surface area contributed by atoms with Gasteiger partial charge >= 0.3 is 0 Å². The van der Waals surface area contributed by atoms with E-state index in [1.807, 2.05) is 16.2 Å². The maximum Gasteiger partial charge on any atom is 0.240 e. The molecule has 0 aromatic carbocycles. The molecular formula is C13H19ClN2OS. The van der Waals surface area contributed by atoms with Gasteiger partial charge in [0.1, 0.15) is 0 Å². The second-order valence-electron chi connectivity index (χ2n) is 4.88. The first-order valence-electron chi connectivity index (χ1n) is 6.42. The Kier molecular flexibility index (Phi) is 4.65. The van der Waals surface area contributed by atoms with Crippen LogP contribution < -0.4 is 5.32 Å². The van der Waals surface area contributed by atoms with E-state index in [2.05, 4.69) is 16.8 Å². The molecule has 100 valence electrons. The van der Waals surface area contributed by atoms with Gasteiger partial charge in [0.15, 0.2) is 0 Å². The van der Waals surface area contributed by atoms with Crippen molar-refractivity contribution in [3.05, 3.63) is 21.9 Å². The Bertz CT molecular complexity index is 415. The SMILES string of the molecule is Cl.O=C([C@@H]1CCCCN1)N1CCc2sccc2C1. The second kappa shape index (κ2) is 6.04. The average Bonchev–Trinajstić information content (AvgIpc) is 2.86. The molecule has 1 N–H and O–H groups in total. The van der Waals surface area contributed by atoms with Crippen molar-refractivity contribution in [1.29, 1.82) is 0 Å². The number of rotatable bonds is 1. The summed E-state index contributed by atoms with van der Waals surface area (Å²) in [4.78, 5) is 15.8. The number of hydrogen-bond acceptors (Lipinski definition) is 3. The van der Waals surface area contributed by atoms with Crippen LogP contribution >= 0.6 is 23.7 Å². The van der Waals surface area contributed by atoms with Crippen molar-refractivity contribution in [2.75, 3.05) is 13.1 Å². The van der Waals surface area contributed by atoms with Crippen molar-refractivity contribution in [2.24, 2.45) is 0 Å². The predicted molar refractivity (Wildman–Crippen MR) is 76.3 cm³/mol. The van der Waals surface area contributed by atoms with E-state index in [0.717, 1.165) is 32.5 Å². The van der Waals surface area contributed by atoms with Crippen LogP contribution in [-0.4, -0.2) is 29.9 Å². The summed E-state index contributed by atoms with van der Waals surface area (Å²) in [6, 6.07) is 2.23. The largest absolute Gasteiger partial charge is 0.337 e. The quantitative estimate of drug-likeness (QED) is 0.858. The molecule has 2 aliphatic rings. The molecule has 1 aromatic heterocycles. The van der Waals surface area contributed by atoms with Crippen LogP contribution in [0.4, 0.5) is 0 Å². The van der Waals surface area contributed by atoms with E-state index in [0.29, 0.717) is 5.91 Å². The molecule has 0 aliphatic carbocycles. The fourth-order valence-corrected chi connectivity index (χ4v) is 3.61. The van der Waals surface area contributed by atoms with Crippen LogP contribution in [-0.2, 0) is 17.8 Å². The van der Waals surface area contributed by atoms with Crippen molar-refractivity contribution in [2.45, 2.75) is 38.3 Å². The third-order valence-electron chi connectivity index (χ3n) is 3.73. The van der Waals surface area contributed by atoms with Crippen molar-refractivity contribution in [1.82, 2.24) is 10.2 Å². The summed E-state index contributed by atoms with van der Waals surface area (Å²) in [6.45, 7) is 2.70. The number of nitrogens with zero attached hydrogens (tertiary/aromatic N) is 1. The van der Waals surface area contributed by atoms with Gasteiger partial charge in [0.2, 0.25) is 5.91 Å². The zero-order valence-corrected chi connectivity index (χ0v) is 12.0. The zero-order chi connectivity index (χ0) is 11.7. The first-order chi connectivity index (χ1) is 8.34. The van der Waals surface area contributed by atoms with E-state index in [-0.39, 0.29) is 18.4 Å². The van der Waals surface area contributed by atoms with Crippen molar-refractivity contribution in [3.63, 3.8) is 0 Å². The standard InChI is InChI=1S/C13H18N2OS.ClH/c16-13(11-3-1-2-6-14-11)15-7-4-12-10(9-15)5-8-17-12;/h5,8,11,14H,1-4,6-7,9H2;1H/t11-;/m0./s1. The number of fused-ring (bicyclic) bond motifs is 1. The Morgan fingerprint density at radius 2 is 2.33 bits per heavy atom. The minimum atomic E-state index is 0. The predicted octanol–water partition coefficient (Wildman–Crippen LogP) is 2.20. The second-order valence-corrected chi connectivity index (χ2v) is 5.88. The highest BCUT2D eigenvalue weighted by Crippen LogP contribution is 2.25. The maximum absolute atomic E-state index is 12.4. The highest BCUT2D eigenvalue weighted by molar-refractivity contribution is 7.10. The Morgan fingerprint density at radius 3 is 3.11 bits per heavy atom. The van der Waals surface area contributed by atoms with E-state index in [1.54, 1.807) is 0 Å². The monoisotopic (exact) mass is 286 g/mol. The van der Waals surface area contributed by atoms with Crippen LogP contribution in [0.2, 0.25) is 0 Å². The molecule has 3 nitrogen and oxygen atoms in total. The molecule has 0 radical (unpaired) electrons. The molecule has 0 spiro atoms. The lowest BCUT2D eigenvalue weighted by atomic mass is 10.0. The van der Waals surface area contributed by atoms with Gasteiger partial charge in [-0.2, -0.15) is 0 Å². The van der Waals surface area contributed by atoms with Gasteiger partial charge < -0.3 is 10.2 Å². The molecular weight excluding hydrogens is 268 g/mol. The summed E-state index contributed by atoms with van der Waals surface area (Å²) in [7, 11) is 0. The molecule has 3 heterocycles.